The summed E-state index contributed by atoms with van der Waals surface area (Å²) in [6.45, 7) is 2.77. The molecule has 2 aromatic carbocycles. The predicted octanol–water partition coefficient (Wildman–Crippen LogP) is 5.37. The van der Waals surface area contributed by atoms with E-state index in [0.29, 0.717) is 28.8 Å². The minimum absolute atomic E-state index is 0.220. The van der Waals surface area contributed by atoms with E-state index in [-0.39, 0.29) is 11.1 Å². The molecule has 0 radical (unpaired) electrons. The number of carbonyl (C=O) groups excluding carboxylic acids is 2. The normalized spacial score (nSPS) is 15.8. The summed E-state index contributed by atoms with van der Waals surface area (Å²) >= 11 is 6.86. The predicted molar refractivity (Wildman–Crippen MR) is 105 cm³/mol. The van der Waals surface area contributed by atoms with Crippen LogP contribution in [0.25, 0.3) is 6.08 Å². The van der Waals surface area contributed by atoms with Crippen molar-refractivity contribution in [2.24, 2.45) is 0 Å². The van der Waals surface area contributed by atoms with E-state index < -0.39 is 0 Å². The molecule has 1 saturated heterocycles. The number of thioether (sulfide) groups is 1. The van der Waals surface area contributed by atoms with E-state index in [0.717, 1.165) is 29.3 Å². The van der Waals surface area contributed by atoms with Crippen LogP contribution in [0.15, 0.2) is 53.4 Å². The second-order valence-electron chi connectivity index (χ2n) is 5.79. The Labute approximate surface area is 161 Å². The monoisotopic (exact) mass is 387 g/mol. The zero-order valence-corrected chi connectivity index (χ0v) is 15.8. The quantitative estimate of drug-likeness (QED) is 0.625. The van der Waals surface area contributed by atoms with E-state index in [9.17, 15) is 9.59 Å². The van der Waals surface area contributed by atoms with Gasteiger partial charge in [-0.25, -0.2) is 0 Å². The number of nitrogens with zero attached hydrogens (tertiary/aromatic N) is 1. The summed E-state index contributed by atoms with van der Waals surface area (Å²) in [4.78, 5) is 26.1. The highest BCUT2D eigenvalue weighted by Gasteiger charge is 2.34. The van der Waals surface area contributed by atoms with Crippen LogP contribution in [0, 0.1) is 0 Å². The number of carbonyl (C=O) groups is 2. The van der Waals surface area contributed by atoms with Crippen LogP contribution < -0.4 is 4.74 Å². The third-order valence-electron chi connectivity index (χ3n) is 3.83. The second-order valence-corrected chi connectivity index (χ2v) is 7.22. The number of para-hydroxylation sites is 1. The number of ether oxygens (including phenoxy) is 1. The minimum Gasteiger partial charge on any atom is -0.488 e. The Bertz CT molecular complexity index is 848. The lowest BCUT2D eigenvalue weighted by Crippen LogP contribution is -2.28. The highest BCUT2D eigenvalue weighted by molar-refractivity contribution is 8.18. The molecule has 1 heterocycles. The molecule has 0 bridgehead atoms. The molecule has 6 heteroatoms. The molecule has 0 aromatic heterocycles. The van der Waals surface area contributed by atoms with Gasteiger partial charge in [-0.05, 0) is 48.0 Å². The molecule has 134 valence electrons. The van der Waals surface area contributed by atoms with Gasteiger partial charge in [0.25, 0.3) is 11.1 Å². The molecular formula is C20H18ClNO3S. The number of hydrogen-bond donors (Lipinski definition) is 0. The number of amides is 2. The number of hydrogen-bond acceptors (Lipinski definition) is 4. The topological polar surface area (TPSA) is 46.6 Å². The highest BCUT2D eigenvalue weighted by atomic mass is 35.5. The molecule has 1 fully saturated rings. The largest absolute Gasteiger partial charge is 0.488 e. The molecule has 0 saturated carbocycles. The van der Waals surface area contributed by atoms with Crippen LogP contribution in [0.5, 0.6) is 5.75 Å². The van der Waals surface area contributed by atoms with Crippen molar-refractivity contribution >= 4 is 40.6 Å². The maximum Gasteiger partial charge on any atom is 0.293 e. The van der Waals surface area contributed by atoms with E-state index in [1.807, 2.05) is 55.5 Å². The van der Waals surface area contributed by atoms with Crippen molar-refractivity contribution in [2.45, 2.75) is 20.0 Å². The molecular weight excluding hydrogens is 370 g/mol. The third-order valence-corrected chi connectivity index (χ3v) is 4.99. The Morgan fingerprint density at radius 2 is 1.85 bits per heavy atom. The second kappa shape index (κ2) is 8.43. The van der Waals surface area contributed by atoms with E-state index in [1.165, 1.54) is 4.90 Å². The van der Waals surface area contributed by atoms with Crippen LogP contribution in [-0.4, -0.2) is 22.6 Å². The maximum atomic E-state index is 12.4. The molecule has 1 aliphatic rings. The van der Waals surface area contributed by atoms with Gasteiger partial charge in [0.05, 0.1) is 4.91 Å². The molecule has 2 amide bonds. The lowest BCUT2D eigenvalue weighted by atomic mass is 10.1. The number of rotatable bonds is 6. The fraction of sp³-hybridized carbons (Fsp3) is 0.200. The average molecular weight is 388 g/mol. The maximum absolute atomic E-state index is 12.4. The van der Waals surface area contributed by atoms with Crippen molar-refractivity contribution in [1.82, 2.24) is 4.90 Å². The summed E-state index contributed by atoms with van der Waals surface area (Å²) in [7, 11) is 0. The Kier molecular flexibility index (Phi) is 6.01. The van der Waals surface area contributed by atoms with Crippen molar-refractivity contribution in [2.75, 3.05) is 6.54 Å². The van der Waals surface area contributed by atoms with Crippen LogP contribution in [-0.2, 0) is 11.4 Å². The molecule has 0 atom stereocenters. The molecule has 0 spiro atoms. The van der Waals surface area contributed by atoms with Crippen LogP contribution >= 0.6 is 23.4 Å². The van der Waals surface area contributed by atoms with E-state index >= 15 is 0 Å². The number of imide groups is 1. The molecule has 0 unspecified atom stereocenters. The molecule has 4 nitrogen and oxygen atoms in total. The van der Waals surface area contributed by atoms with Crippen LogP contribution in [0.2, 0.25) is 5.02 Å². The van der Waals surface area contributed by atoms with Crippen LogP contribution in [0.1, 0.15) is 24.5 Å². The molecule has 0 N–H and O–H groups in total. The molecule has 0 aliphatic carbocycles. The molecule has 3 rings (SSSR count). The van der Waals surface area contributed by atoms with Gasteiger partial charge in [-0.15, -0.1) is 0 Å². The number of halogens is 1. The van der Waals surface area contributed by atoms with Crippen molar-refractivity contribution in [1.29, 1.82) is 0 Å². The highest BCUT2D eigenvalue weighted by Crippen LogP contribution is 2.34. The van der Waals surface area contributed by atoms with Gasteiger partial charge >= 0.3 is 0 Å². The summed E-state index contributed by atoms with van der Waals surface area (Å²) in [5.41, 5.74) is 1.76. The Hall–Kier alpha value is -2.24. The lowest BCUT2D eigenvalue weighted by molar-refractivity contribution is -0.122. The summed E-state index contributed by atoms with van der Waals surface area (Å²) in [5, 5.41) is 0.458. The van der Waals surface area contributed by atoms with Gasteiger partial charge in [-0.2, -0.15) is 0 Å². The van der Waals surface area contributed by atoms with Gasteiger partial charge in [-0.1, -0.05) is 48.9 Å². The van der Waals surface area contributed by atoms with Crippen molar-refractivity contribution < 1.29 is 14.3 Å². The lowest BCUT2D eigenvalue weighted by Gasteiger charge is -2.11. The summed E-state index contributed by atoms with van der Waals surface area (Å²) in [6, 6.07) is 14.9. The SMILES string of the molecule is CCCN1C(=O)S/C(=C\c2ccccc2OCc2ccc(Cl)cc2)C1=O. The van der Waals surface area contributed by atoms with E-state index in [4.69, 9.17) is 16.3 Å². The van der Waals surface area contributed by atoms with Gasteiger partial charge in [0, 0.05) is 17.1 Å². The minimum atomic E-state index is -0.241. The zero-order valence-electron chi connectivity index (χ0n) is 14.3. The standard InChI is InChI=1S/C20H18ClNO3S/c1-2-11-22-19(23)18(26-20(22)24)12-15-5-3-4-6-17(15)25-13-14-7-9-16(21)10-8-14/h3-10,12H,2,11,13H2,1H3/b18-12-. The Morgan fingerprint density at radius 1 is 1.12 bits per heavy atom. The fourth-order valence-corrected chi connectivity index (χ4v) is 3.51. The number of benzene rings is 2. The molecule has 26 heavy (non-hydrogen) atoms. The zero-order chi connectivity index (χ0) is 18.5. The average Bonchev–Trinajstić information content (AvgIpc) is 2.90. The van der Waals surface area contributed by atoms with E-state index in [2.05, 4.69) is 0 Å². The summed E-state index contributed by atoms with van der Waals surface area (Å²) in [5.74, 6) is 0.416. The van der Waals surface area contributed by atoms with Crippen molar-refractivity contribution in [3.05, 3.63) is 69.6 Å². The first-order valence-corrected chi connectivity index (χ1v) is 9.49. The van der Waals surface area contributed by atoms with Gasteiger partial charge in [0.1, 0.15) is 12.4 Å². The summed E-state index contributed by atoms with van der Waals surface area (Å²) in [6.07, 6.45) is 2.46. The van der Waals surface area contributed by atoms with Gasteiger partial charge in [0.2, 0.25) is 0 Å². The van der Waals surface area contributed by atoms with Crippen LogP contribution in [0.3, 0.4) is 0 Å². The van der Waals surface area contributed by atoms with Gasteiger partial charge in [-0.3, -0.25) is 14.5 Å². The van der Waals surface area contributed by atoms with E-state index in [1.54, 1.807) is 6.08 Å². The molecule has 2 aromatic rings. The smallest absolute Gasteiger partial charge is 0.293 e. The third kappa shape index (κ3) is 4.29. The molecule has 1 aliphatic heterocycles. The Morgan fingerprint density at radius 3 is 2.58 bits per heavy atom. The first kappa shape index (κ1) is 18.5. The first-order chi connectivity index (χ1) is 12.6. The van der Waals surface area contributed by atoms with Crippen LogP contribution in [0.4, 0.5) is 4.79 Å². The van der Waals surface area contributed by atoms with Gasteiger partial charge in [0.15, 0.2) is 0 Å². The van der Waals surface area contributed by atoms with Gasteiger partial charge < -0.3 is 4.74 Å². The fourth-order valence-electron chi connectivity index (χ4n) is 2.53. The Balaban J connectivity index is 1.78. The van der Waals surface area contributed by atoms with Crippen molar-refractivity contribution in [3.63, 3.8) is 0 Å². The van der Waals surface area contributed by atoms with Crippen molar-refractivity contribution in [3.8, 4) is 5.75 Å². The first-order valence-electron chi connectivity index (χ1n) is 8.30. The summed E-state index contributed by atoms with van der Waals surface area (Å²) < 4.78 is 5.90.